The van der Waals surface area contributed by atoms with Gasteiger partial charge in [-0.25, -0.2) is 0 Å². The van der Waals surface area contributed by atoms with Crippen LogP contribution in [0.15, 0.2) is 35.1 Å². The quantitative estimate of drug-likeness (QED) is 0.446. The van der Waals surface area contributed by atoms with Crippen molar-refractivity contribution in [2.45, 2.75) is 6.54 Å². The standard InChI is InChI=1S/C10H7BrIN3O2/c11-9-2-1-7(3-10(9)15(16)17)5-14-6-8(12)4-13-14/h1-4,6H,5H2. The molecule has 0 N–H and O–H groups in total. The van der Waals surface area contributed by atoms with Gasteiger partial charge in [0.1, 0.15) is 0 Å². The fraction of sp³-hybridized carbons (Fsp3) is 0.100. The molecular formula is C10H7BrIN3O2. The van der Waals surface area contributed by atoms with Gasteiger partial charge in [-0.2, -0.15) is 5.10 Å². The van der Waals surface area contributed by atoms with Crippen LogP contribution in [-0.4, -0.2) is 14.7 Å². The lowest BCUT2D eigenvalue weighted by Gasteiger charge is -2.02. The molecule has 0 fully saturated rings. The second-order valence-electron chi connectivity index (χ2n) is 3.40. The molecule has 0 aliphatic rings. The second kappa shape index (κ2) is 5.13. The highest BCUT2D eigenvalue weighted by Crippen LogP contribution is 2.25. The van der Waals surface area contributed by atoms with Crippen molar-refractivity contribution < 1.29 is 4.92 Å². The average Bonchev–Trinajstić information content (AvgIpc) is 2.66. The number of nitro benzene ring substituents is 1. The third kappa shape index (κ3) is 3.03. The number of nitrogens with zero attached hydrogens (tertiary/aromatic N) is 3. The van der Waals surface area contributed by atoms with Crippen molar-refractivity contribution in [3.8, 4) is 0 Å². The third-order valence-electron chi connectivity index (χ3n) is 2.15. The molecule has 88 valence electrons. The monoisotopic (exact) mass is 407 g/mol. The minimum absolute atomic E-state index is 0.0735. The molecule has 17 heavy (non-hydrogen) atoms. The van der Waals surface area contributed by atoms with Gasteiger partial charge in [0.05, 0.1) is 25.7 Å². The second-order valence-corrected chi connectivity index (χ2v) is 5.50. The summed E-state index contributed by atoms with van der Waals surface area (Å²) in [6.07, 6.45) is 3.63. The molecule has 1 aromatic heterocycles. The summed E-state index contributed by atoms with van der Waals surface area (Å²) in [7, 11) is 0. The Morgan fingerprint density at radius 1 is 1.53 bits per heavy atom. The van der Waals surface area contributed by atoms with Crippen LogP contribution in [0.1, 0.15) is 5.56 Å². The van der Waals surface area contributed by atoms with E-state index in [2.05, 4.69) is 43.6 Å². The smallest absolute Gasteiger partial charge is 0.267 e. The Morgan fingerprint density at radius 2 is 2.29 bits per heavy atom. The fourth-order valence-electron chi connectivity index (χ4n) is 1.41. The number of halogens is 2. The van der Waals surface area contributed by atoms with Gasteiger partial charge >= 0.3 is 0 Å². The molecular weight excluding hydrogens is 401 g/mol. The summed E-state index contributed by atoms with van der Waals surface area (Å²) < 4.78 is 3.27. The van der Waals surface area contributed by atoms with E-state index in [0.717, 1.165) is 9.13 Å². The molecule has 2 aromatic rings. The molecule has 5 nitrogen and oxygen atoms in total. The van der Waals surface area contributed by atoms with E-state index < -0.39 is 4.92 Å². The molecule has 0 saturated carbocycles. The number of aromatic nitrogens is 2. The van der Waals surface area contributed by atoms with E-state index in [-0.39, 0.29) is 5.69 Å². The Labute approximate surface area is 119 Å². The first-order chi connectivity index (χ1) is 8.06. The molecule has 0 aliphatic heterocycles. The zero-order valence-electron chi connectivity index (χ0n) is 8.51. The lowest BCUT2D eigenvalue weighted by atomic mass is 10.2. The van der Waals surface area contributed by atoms with Crippen molar-refractivity contribution in [2.24, 2.45) is 0 Å². The predicted molar refractivity (Wildman–Crippen MR) is 74.8 cm³/mol. The Balaban J connectivity index is 2.28. The van der Waals surface area contributed by atoms with Crippen molar-refractivity contribution in [1.29, 1.82) is 0 Å². The average molecular weight is 408 g/mol. The molecule has 0 spiro atoms. The molecule has 7 heteroatoms. The first-order valence-corrected chi connectivity index (χ1v) is 6.54. The van der Waals surface area contributed by atoms with E-state index in [4.69, 9.17) is 0 Å². The lowest BCUT2D eigenvalue weighted by Crippen LogP contribution is -2.01. The van der Waals surface area contributed by atoms with Gasteiger partial charge < -0.3 is 0 Å². The zero-order valence-corrected chi connectivity index (χ0v) is 12.3. The molecule has 0 atom stereocenters. The Hall–Kier alpha value is -0.960. The predicted octanol–water partition coefficient (Wildman–Crippen LogP) is 3.21. The van der Waals surface area contributed by atoms with Crippen molar-refractivity contribution in [3.63, 3.8) is 0 Å². The maximum absolute atomic E-state index is 10.8. The van der Waals surface area contributed by atoms with E-state index in [0.29, 0.717) is 11.0 Å². The minimum Gasteiger partial charge on any atom is -0.267 e. The van der Waals surface area contributed by atoms with Crippen molar-refractivity contribution in [3.05, 3.63) is 54.3 Å². The van der Waals surface area contributed by atoms with E-state index in [1.54, 1.807) is 23.0 Å². The largest absolute Gasteiger partial charge is 0.283 e. The van der Waals surface area contributed by atoms with E-state index in [1.807, 2.05) is 12.3 Å². The Bertz CT molecular complexity index is 570. The minimum atomic E-state index is -0.402. The summed E-state index contributed by atoms with van der Waals surface area (Å²) in [5.41, 5.74) is 0.920. The van der Waals surface area contributed by atoms with Crippen LogP contribution in [0.5, 0.6) is 0 Å². The Kier molecular flexibility index (Phi) is 3.77. The maximum atomic E-state index is 10.8. The van der Waals surface area contributed by atoms with Crippen molar-refractivity contribution in [1.82, 2.24) is 9.78 Å². The van der Waals surface area contributed by atoms with Crippen molar-refractivity contribution >= 4 is 44.2 Å². The molecule has 0 bridgehead atoms. The van der Waals surface area contributed by atoms with Crippen LogP contribution in [0.2, 0.25) is 0 Å². The molecule has 1 heterocycles. The highest BCUT2D eigenvalue weighted by molar-refractivity contribution is 14.1. The van der Waals surface area contributed by atoms with Gasteiger partial charge in [-0.15, -0.1) is 0 Å². The summed E-state index contributed by atoms with van der Waals surface area (Å²) >= 11 is 5.32. The van der Waals surface area contributed by atoms with Crippen LogP contribution in [0.3, 0.4) is 0 Å². The van der Waals surface area contributed by atoms with Gasteiger partial charge in [0, 0.05) is 12.3 Å². The van der Waals surface area contributed by atoms with Crippen LogP contribution in [-0.2, 0) is 6.54 Å². The first-order valence-electron chi connectivity index (χ1n) is 4.67. The third-order valence-corrected chi connectivity index (χ3v) is 3.38. The van der Waals surface area contributed by atoms with Crippen molar-refractivity contribution in [2.75, 3.05) is 0 Å². The summed E-state index contributed by atoms with van der Waals surface area (Å²) in [5, 5.41) is 14.9. The summed E-state index contributed by atoms with van der Waals surface area (Å²) in [5.74, 6) is 0. The molecule has 2 rings (SSSR count). The number of rotatable bonds is 3. The fourth-order valence-corrected chi connectivity index (χ4v) is 2.25. The summed E-state index contributed by atoms with van der Waals surface area (Å²) in [6.45, 7) is 0.525. The lowest BCUT2D eigenvalue weighted by molar-refractivity contribution is -0.385. The number of nitro groups is 1. The summed E-state index contributed by atoms with van der Waals surface area (Å²) in [4.78, 5) is 10.4. The van der Waals surface area contributed by atoms with Crippen LogP contribution < -0.4 is 0 Å². The Morgan fingerprint density at radius 3 is 2.88 bits per heavy atom. The molecule has 1 aromatic carbocycles. The number of hydrogen-bond acceptors (Lipinski definition) is 3. The molecule has 0 amide bonds. The molecule has 0 aliphatic carbocycles. The van der Waals surface area contributed by atoms with E-state index in [1.165, 1.54) is 0 Å². The highest BCUT2D eigenvalue weighted by atomic mass is 127. The van der Waals surface area contributed by atoms with E-state index in [9.17, 15) is 10.1 Å². The van der Waals surface area contributed by atoms with E-state index >= 15 is 0 Å². The molecule has 0 unspecified atom stereocenters. The zero-order chi connectivity index (χ0) is 12.4. The van der Waals surface area contributed by atoms with Gasteiger partial charge in [-0.1, -0.05) is 6.07 Å². The normalized spacial score (nSPS) is 10.5. The number of hydrogen-bond donors (Lipinski definition) is 0. The highest BCUT2D eigenvalue weighted by Gasteiger charge is 2.12. The SMILES string of the molecule is O=[N+]([O-])c1cc(Cn2cc(I)cn2)ccc1Br. The van der Waals surface area contributed by atoms with Crippen LogP contribution in [0.25, 0.3) is 0 Å². The summed E-state index contributed by atoms with van der Waals surface area (Å²) in [6, 6.07) is 5.08. The molecule has 0 radical (unpaired) electrons. The first kappa shape index (κ1) is 12.5. The topological polar surface area (TPSA) is 61.0 Å². The van der Waals surface area contributed by atoms with Crippen LogP contribution >= 0.6 is 38.5 Å². The number of benzene rings is 1. The van der Waals surface area contributed by atoms with Gasteiger partial charge in [-0.05, 0) is 50.2 Å². The van der Waals surface area contributed by atoms with Gasteiger partial charge in [0.25, 0.3) is 5.69 Å². The van der Waals surface area contributed by atoms with Gasteiger partial charge in [-0.3, -0.25) is 14.8 Å². The van der Waals surface area contributed by atoms with Gasteiger partial charge in [0.15, 0.2) is 0 Å². The molecule has 0 saturated heterocycles. The van der Waals surface area contributed by atoms with Gasteiger partial charge in [0.2, 0.25) is 0 Å². The van der Waals surface area contributed by atoms with Crippen LogP contribution in [0.4, 0.5) is 5.69 Å². The maximum Gasteiger partial charge on any atom is 0.283 e. The van der Waals surface area contributed by atoms with Crippen LogP contribution in [0, 0.1) is 13.7 Å².